The molecular weight excluding hydrogens is 394 g/mol. The molecule has 1 saturated heterocycles. The predicted octanol–water partition coefficient (Wildman–Crippen LogP) is 5.30. The number of nitrogens with zero attached hydrogens (tertiary/aromatic N) is 2. The highest BCUT2D eigenvalue weighted by Crippen LogP contribution is 2.32. The van der Waals surface area contributed by atoms with Crippen LogP contribution in [0, 0.1) is 20.8 Å². The summed E-state index contributed by atoms with van der Waals surface area (Å²) in [5.74, 6) is 0.675. The molecule has 4 rings (SSSR count). The minimum Gasteiger partial charge on any atom is -0.495 e. The number of carbonyl (C=O) groups is 1. The lowest BCUT2D eigenvalue weighted by atomic mass is 10.2. The van der Waals surface area contributed by atoms with E-state index >= 15 is 0 Å². The second kappa shape index (κ2) is 8.24. The largest absolute Gasteiger partial charge is 0.495 e. The molecule has 0 atom stereocenters. The van der Waals surface area contributed by atoms with Crippen molar-refractivity contribution in [3.8, 4) is 11.4 Å². The Morgan fingerprint density at radius 2 is 1.80 bits per heavy atom. The highest BCUT2D eigenvalue weighted by Gasteiger charge is 2.25. The van der Waals surface area contributed by atoms with Gasteiger partial charge in [0.15, 0.2) is 5.17 Å². The zero-order valence-electron chi connectivity index (χ0n) is 17.4. The molecule has 0 unspecified atom stereocenters. The summed E-state index contributed by atoms with van der Waals surface area (Å²) in [5.41, 5.74) is 6.01. The fraction of sp³-hybridized carbons (Fsp3) is 0.167. The van der Waals surface area contributed by atoms with E-state index in [1.165, 1.54) is 11.8 Å². The summed E-state index contributed by atoms with van der Waals surface area (Å²) in [6, 6.07) is 17.9. The summed E-state index contributed by atoms with van der Waals surface area (Å²) in [6.45, 7) is 6.10. The zero-order valence-corrected chi connectivity index (χ0v) is 18.2. The van der Waals surface area contributed by atoms with Crippen LogP contribution in [0.4, 0.5) is 5.69 Å². The normalized spacial score (nSPS) is 16.3. The topological polar surface area (TPSA) is 55.6 Å². The standard InChI is InChI=1S/C24H23N3O2S/c1-15-9-5-6-10-19(15)25-24-26-23(28)22(30-24)14-18-13-16(2)27(17(18)3)20-11-7-8-12-21(20)29-4/h5-14H,1-4H3,(H,25,26,28)/b22-14-. The maximum atomic E-state index is 12.5. The number of hydrogen-bond acceptors (Lipinski definition) is 4. The van der Waals surface area contributed by atoms with Crippen LogP contribution < -0.4 is 10.1 Å². The van der Waals surface area contributed by atoms with Gasteiger partial charge in [0.25, 0.3) is 5.91 Å². The van der Waals surface area contributed by atoms with Crippen molar-refractivity contribution in [1.29, 1.82) is 0 Å². The van der Waals surface area contributed by atoms with Crippen molar-refractivity contribution >= 4 is 34.6 Å². The third-order valence-corrected chi connectivity index (χ3v) is 5.98. The Labute approximate surface area is 180 Å². The van der Waals surface area contributed by atoms with Gasteiger partial charge in [-0.25, -0.2) is 4.99 Å². The number of aromatic nitrogens is 1. The molecule has 1 aliphatic rings. The second-order valence-electron chi connectivity index (χ2n) is 7.10. The molecule has 0 saturated carbocycles. The summed E-state index contributed by atoms with van der Waals surface area (Å²) in [4.78, 5) is 17.8. The van der Waals surface area contributed by atoms with Crippen LogP contribution in [0.3, 0.4) is 0 Å². The van der Waals surface area contributed by atoms with Crippen molar-refractivity contribution in [3.05, 3.63) is 82.0 Å². The van der Waals surface area contributed by atoms with Gasteiger partial charge in [0.1, 0.15) is 5.75 Å². The monoisotopic (exact) mass is 417 g/mol. The summed E-state index contributed by atoms with van der Waals surface area (Å²) in [5, 5.41) is 3.47. The van der Waals surface area contributed by atoms with E-state index < -0.39 is 0 Å². The van der Waals surface area contributed by atoms with Gasteiger partial charge < -0.3 is 14.6 Å². The Bertz CT molecular complexity index is 1190. The van der Waals surface area contributed by atoms with E-state index in [-0.39, 0.29) is 5.91 Å². The van der Waals surface area contributed by atoms with E-state index in [0.29, 0.717) is 10.1 Å². The molecule has 152 valence electrons. The van der Waals surface area contributed by atoms with Crippen molar-refractivity contribution < 1.29 is 9.53 Å². The van der Waals surface area contributed by atoms with Crippen molar-refractivity contribution in [2.75, 3.05) is 7.11 Å². The molecule has 0 aliphatic carbocycles. The number of rotatable bonds is 4. The molecule has 1 aliphatic heterocycles. The van der Waals surface area contributed by atoms with Crippen molar-refractivity contribution in [2.45, 2.75) is 20.8 Å². The number of amides is 1. The molecule has 6 heteroatoms. The van der Waals surface area contributed by atoms with Gasteiger partial charge in [-0.1, -0.05) is 30.3 Å². The maximum Gasteiger partial charge on any atom is 0.264 e. The quantitative estimate of drug-likeness (QED) is 0.586. The Hall–Kier alpha value is -3.25. The average Bonchev–Trinajstić information content (AvgIpc) is 3.22. The first kappa shape index (κ1) is 20.0. The predicted molar refractivity (Wildman–Crippen MR) is 124 cm³/mol. The molecule has 0 bridgehead atoms. The van der Waals surface area contributed by atoms with E-state index in [0.717, 1.165) is 39.6 Å². The SMILES string of the molecule is COc1ccccc1-n1c(C)cc(/C=C2\SC(=Nc3ccccc3C)NC2=O)c1C. The van der Waals surface area contributed by atoms with Gasteiger partial charge in [0, 0.05) is 11.4 Å². The fourth-order valence-electron chi connectivity index (χ4n) is 3.54. The molecule has 2 aromatic carbocycles. The van der Waals surface area contributed by atoms with Crippen molar-refractivity contribution in [1.82, 2.24) is 9.88 Å². The third-order valence-electron chi connectivity index (χ3n) is 5.07. The fourth-order valence-corrected chi connectivity index (χ4v) is 4.36. The Kier molecular flexibility index (Phi) is 5.50. The molecule has 5 nitrogen and oxygen atoms in total. The van der Waals surface area contributed by atoms with Crippen molar-refractivity contribution in [3.63, 3.8) is 0 Å². The van der Waals surface area contributed by atoms with Crippen LogP contribution >= 0.6 is 11.8 Å². The molecule has 0 spiro atoms. The van der Waals surface area contributed by atoms with Crippen LogP contribution in [0.1, 0.15) is 22.5 Å². The lowest BCUT2D eigenvalue weighted by Crippen LogP contribution is -2.19. The van der Waals surface area contributed by atoms with E-state index in [1.807, 2.05) is 75.4 Å². The minimum absolute atomic E-state index is 0.130. The molecule has 1 fully saturated rings. The van der Waals surface area contributed by atoms with Gasteiger partial charge in [0.2, 0.25) is 0 Å². The number of nitrogens with one attached hydrogen (secondary N) is 1. The molecule has 30 heavy (non-hydrogen) atoms. The summed E-state index contributed by atoms with van der Waals surface area (Å²) in [7, 11) is 1.67. The van der Waals surface area contributed by atoms with Gasteiger partial charge in [-0.3, -0.25) is 4.79 Å². The zero-order chi connectivity index (χ0) is 21.3. The summed E-state index contributed by atoms with van der Waals surface area (Å²) >= 11 is 1.36. The van der Waals surface area contributed by atoms with Crippen LogP contribution in [0.15, 0.2) is 64.5 Å². The van der Waals surface area contributed by atoms with Crippen LogP contribution in [0.5, 0.6) is 5.75 Å². The first-order valence-corrected chi connectivity index (χ1v) is 10.5. The van der Waals surface area contributed by atoms with E-state index in [1.54, 1.807) is 7.11 Å². The molecular formula is C24H23N3O2S. The minimum atomic E-state index is -0.130. The molecule has 1 amide bonds. The molecule has 3 aromatic rings. The number of para-hydroxylation sites is 3. The Balaban J connectivity index is 1.68. The average molecular weight is 418 g/mol. The third kappa shape index (κ3) is 3.78. The summed E-state index contributed by atoms with van der Waals surface area (Å²) < 4.78 is 7.67. The molecule has 1 aromatic heterocycles. The van der Waals surface area contributed by atoms with Gasteiger partial charge in [-0.05, 0) is 74.0 Å². The van der Waals surface area contributed by atoms with E-state index in [2.05, 4.69) is 20.9 Å². The number of methoxy groups -OCH3 is 1. The first-order valence-electron chi connectivity index (χ1n) is 9.65. The second-order valence-corrected chi connectivity index (χ2v) is 8.13. The van der Waals surface area contributed by atoms with E-state index in [9.17, 15) is 4.79 Å². The van der Waals surface area contributed by atoms with Crippen molar-refractivity contribution in [2.24, 2.45) is 4.99 Å². The molecule has 0 radical (unpaired) electrons. The van der Waals surface area contributed by atoms with E-state index in [4.69, 9.17) is 4.74 Å². The van der Waals surface area contributed by atoms with Crippen LogP contribution in [-0.2, 0) is 4.79 Å². The van der Waals surface area contributed by atoms with Crippen LogP contribution in [0.2, 0.25) is 0 Å². The molecule has 1 N–H and O–H groups in total. The number of ether oxygens (including phenoxy) is 1. The number of carbonyl (C=O) groups excluding carboxylic acids is 1. The van der Waals surface area contributed by atoms with Gasteiger partial charge in [-0.2, -0.15) is 0 Å². The number of benzene rings is 2. The van der Waals surface area contributed by atoms with Crippen LogP contribution in [-0.4, -0.2) is 22.8 Å². The lowest BCUT2D eigenvalue weighted by Gasteiger charge is -2.13. The summed E-state index contributed by atoms with van der Waals surface area (Å²) in [6.07, 6.45) is 1.93. The highest BCUT2D eigenvalue weighted by atomic mass is 32.2. The number of thioether (sulfide) groups is 1. The highest BCUT2D eigenvalue weighted by molar-refractivity contribution is 8.18. The maximum absolute atomic E-state index is 12.5. The molecule has 2 heterocycles. The lowest BCUT2D eigenvalue weighted by molar-refractivity contribution is -0.115. The van der Waals surface area contributed by atoms with Gasteiger partial charge in [0.05, 0.1) is 23.4 Å². The number of aryl methyl sites for hydroxylation is 2. The van der Waals surface area contributed by atoms with Gasteiger partial charge in [-0.15, -0.1) is 0 Å². The smallest absolute Gasteiger partial charge is 0.264 e. The van der Waals surface area contributed by atoms with Crippen LogP contribution in [0.25, 0.3) is 11.8 Å². The van der Waals surface area contributed by atoms with Gasteiger partial charge >= 0.3 is 0 Å². The number of hydrogen-bond donors (Lipinski definition) is 1. The Morgan fingerprint density at radius 1 is 1.07 bits per heavy atom. The first-order chi connectivity index (χ1) is 14.5. The number of aliphatic imine (C=N–C) groups is 1. The number of amidine groups is 1. The Morgan fingerprint density at radius 3 is 2.57 bits per heavy atom.